The van der Waals surface area contributed by atoms with Crippen LogP contribution >= 0.6 is 11.8 Å². The lowest BCUT2D eigenvalue weighted by Crippen LogP contribution is -2.57. The Morgan fingerprint density at radius 1 is 0.933 bits per heavy atom. The Kier molecular flexibility index (Phi) is 7.07. The molecule has 0 amide bonds. The number of aliphatic hydroxyl groups excluding tert-OH is 1. The van der Waals surface area contributed by atoms with E-state index in [0.717, 1.165) is 16.3 Å². The van der Waals surface area contributed by atoms with Crippen LogP contribution in [0.4, 0.5) is 0 Å². The molecule has 5 unspecified atom stereocenters. The monoisotopic (exact) mass is 428 g/mol. The minimum Gasteiger partial charge on any atom is -0.394 e. The van der Waals surface area contributed by atoms with Crippen molar-refractivity contribution in [3.63, 3.8) is 0 Å². The van der Waals surface area contributed by atoms with E-state index in [0.29, 0.717) is 13.2 Å². The van der Waals surface area contributed by atoms with Crippen molar-refractivity contribution in [3.05, 3.63) is 71.8 Å². The number of aliphatic hydroxyl groups is 1. The van der Waals surface area contributed by atoms with Crippen LogP contribution in [0.5, 0.6) is 0 Å². The minimum absolute atomic E-state index is 0.133. The van der Waals surface area contributed by atoms with Gasteiger partial charge in [0.25, 0.3) is 0 Å². The van der Waals surface area contributed by atoms with Crippen LogP contribution in [0.1, 0.15) is 11.1 Å². The van der Waals surface area contributed by atoms with Gasteiger partial charge in [-0.1, -0.05) is 72.4 Å². The molecule has 4 rings (SSSR count). The van der Waals surface area contributed by atoms with Crippen LogP contribution in [0.3, 0.4) is 0 Å². The van der Waals surface area contributed by atoms with Gasteiger partial charge in [-0.2, -0.15) is 0 Å². The number of thioether (sulfide) groups is 1. The quantitative estimate of drug-likeness (QED) is 0.732. The summed E-state index contributed by atoms with van der Waals surface area (Å²) in [6, 6.07) is 19.9. The van der Waals surface area contributed by atoms with Crippen LogP contribution in [-0.2, 0) is 27.4 Å². The van der Waals surface area contributed by atoms with E-state index < -0.39 is 12.2 Å². The van der Waals surface area contributed by atoms with Crippen LogP contribution < -0.4 is 0 Å². The van der Waals surface area contributed by atoms with E-state index >= 15 is 0 Å². The van der Waals surface area contributed by atoms with Gasteiger partial charge >= 0.3 is 0 Å². The van der Waals surface area contributed by atoms with Crippen molar-refractivity contribution in [1.82, 2.24) is 4.90 Å². The highest BCUT2D eigenvalue weighted by atomic mass is 32.2. The van der Waals surface area contributed by atoms with Crippen molar-refractivity contribution < 1.29 is 19.3 Å². The standard InChI is InChI=1S/C23H28N2O4S/c1-25(2)23-24-19-21(28-15-17-11-7-4-8-12-17)20(18(13-26)29-22(19)30-23)27-14-16-9-5-3-6-10-16/h3-12,18-22,26H,13-15H2,1-2H3. The second kappa shape index (κ2) is 9.94. The first kappa shape index (κ1) is 21.3. The first-order valence-electron chi connectivity index (χ1n) is 10.1. The number of fused-ring (bicyclic) bond motifs is 1. The summed E-state index contributed by atoms with van der Waals surface area (Å²) in [5.41, 5.74) is 1.96. The molecule has 6 nitrogen and oxygen atoms in total. The molecule has 2 aromatic carbocycles. The SMILES string of the molecule is CN(C)C1=NC2C(OC(CO)C(OCc3ccccc3)C2OCc2ccccc2)S1. The number of nitrogens with zero attached hydrogens (tertiary/aromatic N) is 2. The van der Waals surface area contributed by atoms with Crippen LogP contribution in [0, 0.1) is 0 Å². The molecule has 2 heterocycles. The molecule has 1 saturated heterocycles. The summed E-state index contributed by atoms with van der Waals surface area (Å²) < 4.78 is 18.9. The average molecular weight is 429 g/mol. The van der Waals surface area contributed by atoms with E-state index in [-0.39, 0.29) is 24.2 Å². The molecular weight excluding hydrogens is 400 g/mol. The van der Waals surface area contributed by atoms with Gasteiger partial charge in [0.05, 0.1) is 19.8 Å². The molecule has 30 heavy (non-hydrogen) atoms. The molecule has 2 aliphatic heterocycles. The summed E-state index contributed by atoms with van der Waals surface area (Å²) in [5, 5.41) is 10.9. The van der Waals surface area contributed by atoms with Gasteiger partial charge in [-0.05, 0) is 11.1 Å². The molecule has 2 aromatic rings. The van der Waals surface area contributed by atoms with Gasteiger partial charge in [-0.15, -0.1) is 0 Å². The van der Waals surface area contributed by atoms with E-state index in [1.165, 1.54) is 0 Å². The van der Waals surface area contributed by atoms with Gasteiger partial charge in [0.2, 0.25) is 0 Å². The summed E-state index contributed by atoms with van der Waals surface area (Å²) in [6.07, 6.45) is -1.22. The molecule has 0 aromatic heterocycles. The van der Waals surface area contributed by atoms with Crippen LogP contribution in [0.15, 0.2) is 65.7 Å². The van der Waals surface area contributed by atoms with Crippen molar-refractivity contribution in [1.29, 1.82) is 0 Å². The minimum atomic E-state index is -0.472. The maximum absolute atomic E-state index is 10.0. The lowest BCUT2D eigenvalue weighted by atomic mass is 9.97. The Morgan fingerprint density at radius 3 is 2.03 bits per heavy atom. The molecule has 0 radical (unpaired) electrons. The topological polar surface area (TPSA) is 63.5 Å². The normalized spacial score (nSPS) is 28.1. The highest BCUT2D eigenvalue weighted by molar-refractivity contribution is 8.14. The summed E-state index contributed by atoms with van der Waals surface area (Å²) in [5.74, 6) is 0. The van der Waals surface area contributed by atoms with Gasteiger partial charge in [0.15, 0.2) is 5.17 Å². The van der Waals surface area contributed by atoms with Gasteiger partial charge in [-0.3, -0.25) is 4.99 Å². The van der Waals surface area contributed by atoms with Crippen molar-refractivity contribution >= 4 is 16.9 Å². The zero-order valence-electron chi connectivity index (χ0n) is 17.3. The number of amidine groups is 1. The van der Waals surface area contributed by atoms with Crippen molar-refractivity contribution in [2.75, 3.05) is 20.7 Å². The Bertz CT molecular complexity index is 834. The van der Waals surface area contributed by atoms with Crippen LogP contribution in [0.2, 0.25) is 0 Å². The smallest absolute Gasteiger partial charge is 0.161 e. The predicted molar refractivity (Wildman–Crippen MR) is 118 cm³/mol. The molecule has 1 fully saturated rings. The van der Waals surface area contributed by atoms with E-state index in [4.69, 9.17) is 19.2 Å². The molecular formula is C23H28N2O4S. The average Bonchev–Trinajstić information content (AvgIpc) is 3.21. The lowest BCUT2D eigenvalue weighted by molar-refractivity contribution is -0.205. The zero-order valence-corrected chi connectivity index (χ0v) is 18.1. The Morgan fingerprint density at radius 2 is 1.50 bits per heavy atom. The summed E-state index contributed by atoms with van der Waals surface area (Å²) in [4.78, 5) is 6.85. The Balaban J connectivity index is 1.56. The number of benzene rings is 2. The van der Waals surface area contributed by atoms with Crippen molar-refractivity contribution in [2.24, 2.45) is 4.99 Å². The number of hydrogen-bond acceptors (Lipinski definition) is 7. The predicted octanol–water partition coefficient (Wildman–Crippen LogP) is 2.91. The molecule has 160 valence electrons. The molecule has 0 spiro atoms. The first-order valence-corrected chi connectivity index (χ1v) is 11.0. The fraction of sp³-hybridized carbons (Fsp3) is 0.435. The molecule has 0 aliphatic carbocycles. The maximum atomic E-state index is 10.0. The third-order valence-corrected chi connectivity index (χ3v) is 6.53. The number of hydrogen-bond donors (Lipinski definition) is 1. The van der Waals surface area contributed by atoms with Crippen molar-refractivity contribution in [3.8, 4) is 0 Å². The first-order chi connectivity index (χ1) is 14.7. The number of aliphatic imine (C=N–C) groups is 1. The van der Waals surface area contributed by atoms with Gasteiger partial charge < -0.3 is 24.2 Å². The third-order valence-electron chi connectivity index (χ3n) is 5.23. The lowest BCUT2D eigenvalue weighted by Gasteiger charge is -2.42. The highest BCUT2D eigenvalue weighted by Gasteiger charge is 2.50. The van der Waals surface area contributed by atoms with E-state index in [1.807, 2.05) is 79.7 Å². The number of rotatable bonds is 7. The van der Waals surface area contributed by atoms with E-state index in [1.54, 1.807) is 11.8 Å². The summed E-state index contributed by atoms with van der Waals surface area (Å²) in [7, 11) is 3.94. The zero-order chi connectivity index (χ0) is 20.9. The molecule has 7 heteroatoms. The van der Waals surface area contributed by atoms with E-state index in [2.05, 4.69) is 0 Å². The second-order valence-electron chi connectivity index (χ2n) is 7.66. The fourth-order valence-electron chi connectivity index (χ4n) is 3.68. The molecule has 0 bridgehead atoms. The highest BCUT2D eigenvalue weighted by Crippen LogP contribution is 2.39. The third kappa shape index (κ3) is 4.87. The molecule has 0 saturated carbocycles. The van der Waals surface area contributed by atoms with Crippen LogP contribution in [0.25, 0.3) is 0 Å². The number of ether oxygens (including phenoxy) is 3. The summed E-state index contributed by atoms with van der Waals surface area (Å²) >= 11 is 1.57. The van der Waals surface area contributed by atoms with E-state index in [9.17, 15) is 5.11 Å². The van der Waals surface area contributed by atoms with Gasteiger partial charge in [-0.25, -0.2) is 0 Å². The molecule has 2 aliphatic rings. The van der Waals surface area contributed by atoms with Gasteiger partial charge in [0.1, 0.15) is 29.8 Å². The Labute approximate surface area is 181 Å². The maximum Gasteiger partial charge on any atom is 0.161 e. The fourth-order valence-corrected chi connectivity index (χ4v) is 4.84. The Hall–Kier alpha value is -1.90. The second-order valence-corrected chi connectivity index (χ2v) is 8.73. The summed E-state index contributed by atoms with van der Waals surface area (Å²) in [6.45, 7) is 0.743. The van der Waals surface area contributed by atoms with Crippen molar-refractivity contribution in [2.45, 2.75) is 43.0 Å². The molecule has 5 atom stereocenters. The largest absolute Gasteiger partial charge is 0.394 e. The van der Waals surface area contributed by atoms with Crippen LogP contribution in [-0.4, -0.2) is 65.7 Å². The molecule has 1 N–H and O–H groups in total. The van der Waals surface area contributed by atoms with Gasteiger partial charge in [0, 0.05) is 14.1 Å².